The van der Waals surface area contributed by atoms with Crippen LogP contribution >= 0.6 is 11.8 Å². The molecule has 1 heterocycles. The summed E-state index contributed by atoms with van der Waals surface area (Å²) < 4.78 is 6.89. The molecule has 31 heavy (non-hydrogen) atoms. The first kappa shape index (κ1) is 26.9. The molecule has 0 saturated heterocycles. The average molecular weight is 470 g/mol. The van der Waals surface area contributed by atoms with E-state index in [1.54, 1.807) is 11.8 Å². The fraction of sp³-hybridized carbons (Fsp3) is 0.875. The first-order valence-corrected chi connectivity index (χ1v) is 16.0. The van der Waals surface area contributed by atoms with E-state index < -0.39 is 19.9 Å². The molecule has 0 bridgehead atoms. The Kier molecular flexibility index (Phi) is 8.93. The molecule has 5 atom stereocenters. The van der Waals surface area contributed by atoms with E-state index in [1.807, 2.05) is 0 Å². The Morgan fingerprint density at radius 2 is 1.97 bits per heavy atom. The number of nitrogens with zero attached hydrogens (tertiary/aromatic N) is 1. The van der Waals surface area contributed by atoms with Crippen LogP contribution in [0.1, 0.15) is 80.1 Å². The fourth-order valence-electron chi connectivity index (χ4n) is 4.73. The molecule has 0 amide bonds. The van der Waals surface area contributed by atoms with Crippen LogP contribution < -0.4 is 11.5 Å². The predicted octanol–water partition coefficient (Wildman–Crippen LogP) is 5.22. The van der Waals surface area contributed by atoms with Crippen molar-refractivity contribution in [1.29, 1.82) is 0 Å². The third-order valence-electron chi connectivity index (χ3n) is 7.57. The highest BCUT2D eigenvalue weighted by Crippen LogP contribution is 2.45. The molecule has 1 saturated carbocycles. The van der Waals surface area contributed by atoms with Gasteiger partial charge in [0.1, 0.15) is 10.9 Å². The van der Waals surface area contributed by atoms with Crippen molar-refractivity contribution in [3.05, 3.63) is 11.6 Å². The van der Waals surface area contributed by atoms with Gasteiger partial charge >= 0.3 is 0 Å². The number of thioether (sulfide) groups is 1. The molecule has 7 heteroatoms. The van der Waals surface area contributed by atoms with Crippen molar-refractivity contribution in [2.75, 3.05) is 0 Å². The quantitative estimate of drug-likeness (QED) is 0.451. The van der Waals surface area contributed by atoms with Gasteiger partial charge in [-0.05, 0) is 55.1 Å². The molecule has 180 valence electrons. The minimum atomic E-state index is -1.96. The number of hydrogen-bond donors (Lipinski definition) is 2. The third-order valence-corrected chi connectivity index (χ3v) is 13.2. The van der Waals surface area contributed by atoms with Crippen LogP contribution in [-0.4, -0.2) is 48.1 Å². The van der Waals surface area contributed by atoms with Crippen LogP contribution in [0.4, 0.5) is 0 Å². The summed E-state index contributed by atoms with van der Waals surface area (Å²) in [5, 5.41) is 2.31. The first-order valence-electron chi connectivity index (χ1n) is 12.1. The van der Waals surface area contributed by atoms with Gasteiger partial charge in [-0.1, -0.05) is 54.4 Å². The van der Waals surface area contributed by atoms with E-state index in [0.29, 0.717) is 12.3 Å². The van der Waals surface area contributed by atoms with Gasteiger partial charge in [-0.2, -0.15) is 0 Å². The van der Waals surface area contributed by atoms with Gasteiger partial charge in [-0.3, -0.25) is 4.79 Å². The monoisotopic (exact) mass is 469 g/mol. The molecule has 2 unspecified atom stereocenters. The summed E-state index contributed by atoms with van der Waals surface area (Å²) in [5.74, 6) is 0.494. The zero-order valence-corrected chi connectivity index (χ0v) is 22.9. The van der Waals surface area contributed by atoms with Crippen molar-refractivity contribution in [1.82, 2.24) is 4.90 Å². The lowest BCUT2D eigenvalue weighted by Gasteiger charge is -2.52. The largest absolute Gasteiger partial charge is 0.411 e. The van der Waals surface area contributed by atoms with Gasteiger partial charge < -0.3 is 20.8 Å². The molecule has 0 spiro atoms. The van der Waals surface area contributed by atoms with E-state index in [2.05, 4.69) is 71.1 Å². The molecular weight excluding hydrogens is 422 g/mol. The second-order valence-electron chi connectivity index (χ2n) is 11.4. The highest BCUT2D eigenvalue weighted by atomic mass is 32.2. The van der Waals surface area contributed by atoms with Crippen molar-refractivity contribution in [2.24, 2.45) is 17.4 Å². The summed E-state index contributed by atoms with van der Waals surface area (Å²) in [7, 11) is -1.96. The zero-order valence-electron chi connectivity index (χ0n) is 21.1. The highest BCUT2D eigenvalue weighted by molar-refractivity contribution is 8.02. The molecule has 1 aliphatic heterocycles. The van der Waals surface area contributed by atoms with E-state index in [1.165, 1.54) is 0 Å². The summed E-state index contributed by atoms with van der Waals surface area (Å²) in [5.41, 5.74) is 12.5. The number of Topliss-reactive ketones (excluding diaryl/α,β-unsaturated/α-hetero) is 1. The number of nitrogens with two attached hydrogens (primary N) is 2. The number of carbonyl (C=O) groups excluding carboxylic acids is 1. The Labute approximate surface area is 196 Å². The van der Waals surface area contributed by atoms with Crippen LogP contribution in [0.3, 0.4) is 0 Å². The minimum absolute atomic E-state index is 0.0426. The number of ketones is 1. The SMILES string of the molecule is CC[C@@H](O[Si](C)(C)C(C)(C)C)[C@@H]1SC=CN1C1(C(=O)[C@@H](N)CC(C)C)CCCCC1N. The van der Waals surface area contributed by atoms with Gasteiger partial charge in [0.2, 0.25) is 0 Å². The molecule has 1 aliphatic carbocycles. The summed E-state index contributed by atoms with van der Waals surface area (Å²) in [4.78, 5) is 16.2. The van der Waals surface area contributed by atoms with Crippen molar-refractivity contribution < 1.29 is 9.22 Å². The molecule has 0 radical (unpaired) electrons. The lowest BCUT2D eigenvalue weighted by molar-refractivity contribution is -0.136. The van der Waals surface area contributed by atoms with Crippen LogP contribution in [0.15, 0.2) is 11.6 Å². The van der Waals surface area contributed by atoms with Crippen LogP contribution in [0.2, 0.25) is 18.1 Å². The van der Waals surface area contributed by atoms with E-state index in [0.717, 1.165) is 32.1 Å². The maximum Gasteiger partial charge on any atom is 0.192 e. The van der Waals surface area contributed by atoms with Gasteiger partial charge in [-0.15, -0.1) is 11.8 Å². The third kappa shape index (κ3) is 5.60. The summed E-state index contributed by atoms with van der Waals surface area (Å²) >= 11 is 1.77. The van der Waals surface area contributed by atoms with Crippen molar-refractivity contribution in [3.8, 4) is 0 Å². The van der Waals surface area contributed by atoms with E-state index >= 15 is 0 Å². The van der Waals surface area contributed by atoms with Gasteiger partial charge in [0, 0.05) is 12.2 Å². The summed E-state index contributed by atoms with van der Waals surface area (Å²) in [6, 6.07) is -0.687. The van der Waals surface area contributed by atoms with Gasteiger partial charge in [-0.25, -0.2) is 0 Å². The normalized spacial score (nSPS) is 29.5. The van der Waals surface area contributed by atoms with E-state index in [9.17, 15) is 4.79 Å². The summed E-state index contributed by atoms with van der Waals surface area (Å²) in [6.07, 6.45) is 7.45. The molecule has 1 fully saturated rings. The second kappa shape index (κ2) is 10.3. The van der Waals surface area contributed by atoms with Gasteiger partial charge in [0.25, 0.3) is 0 Å². The van der Waals surface area contributed by atoms with Crippen molar-refractivity contribution in [2.45, 2.75) is 127 Å². The summed E-state index contributed by atoms with van der Waals surface area (Å²) in [6.45, 7) is 17.9. The lowest BCUT2D eigenvalue weighted by atomic mass is 9.71. The molecule has 2 aliphatic rings. The number of rotatable bonds is 9. The van der Waals surface area contributed by atoms with Crippen LogP contribution in [0, 0.1) is 5.92 Å². The van der Waals surface area contributed by atoms with Crippen molar-refractivity contribution in [3.63, 3.8) is 0 Å². The smallest absolute Gasteiger partial charge is 0.192 e. The van der Waals surface area contributed by atoms with Gasteiger partial charge in [0.15, 0.2) is 14.1 Å². The maximum atomic E-state index is 13.9. The zero-order chi connectivity index (χ0) is 23.6. The molecular formula is C24H47N3O2SSi. The minimum Gasteiger partial charge on any atom is -0.411 e. The van der Waals surface area contributed by atoms with E-state index in [-0.39, 0.29) is 28.3 Å². The topological polar surface area (TPSA) is 81.6 Å². The Bertz CT molecular complexity index is 649. The Hall–Kier alpha value is -0.343. The van der Waals surface area contributed by atoms with Gasteiger partial charge in [0.05, 0.1) is 12.1 Å². The molecule has 0 aromatic carbocycles. The predicted molar refractivity (Wildman–Crippen MR) is 136 cm³/mol. The maximum absolute atomic E-state index is 13.9. The Balaban J connectivity index is 2.41. The Morgan fingerprint density at radius 3 is 2.48 bits per heavy atom. The molecule has 5 nitrogen and oxygen atoms in total. The average Bonchev–Trinajstić information content (AvgIpc) is 3.14. The first-order chi connectivity index (χ1) is 14.3. The molecule has 4 N–H and O–H groups in total. The fourth-order valence-corrected chi connectivity index (χ4v) is 7.41. The van der Waals surface area contributed by atoms with Crippen LogP contribution in [0.25, 0.3) is 0 Å². The molecule has 2 rings (SSSR count). The molecule has 0 aromatic heterocycles. The lowest BCUT2D eigenvalue weighted by Crippen LogP contribution is -2.70. The van der Waals surface area contributed by atoms with E-state index in [4.69, 9.17) is 15.9 Å². The van der Waals surface area contributed by atoms with Crippen molar-refractivity contribution >= 4 is 25.9 Å². The standard InChI is InChI=1S/C24H47N3O2SSi/c1-9-19(29-31(7,8)23(4,5)6)22-27(14-15-30-22)24(13-11-10-12-20(24)26)21(28)18(25)16-17(2)3/h14-15,17-20,22H,9-13,16,25-26H2,1-8H3/t18-,19+,20?,22-,24?/m0/s1. The molecule has 0 aromatic rings. The Morgan fingerprint density at radius 1 is 1.32 bits per heavy atom. The number of carbonyl (C=O) groups is 1. The van der Waals surface area contributed by atoms with Crippen LogP contribution in [-0.2, 0) is 9.22 Å². The number of hydrogen-bond acceptors (Lipinski definition) is 6. The highest BCUT2D eigenvalue weighted by Gasteiger charge is 2.54. The second-order valence-corrected chi connectivity index (χ2v) is 17.2. The van der Waals surface area contributed by atoms with Crippen LogP contribution in [0.5, 0.6) is 0 Å².